The number of rotatable bonds is 6. The summed E-state index contributed by atoms with van der Waals surface area (Å²) in [4.78, 5) is 15.4. The number of amides is 1. The lowest BCUT2D eigenvalue weighted by Gasteiger charge is -2.15. The van der Waals surface area contributed by atoms with Gasteiger partial charge in [-0.2, -0.15) is 0 Å². The minimum atomic E-state index is -0.0201. The second-order valence-electron chi connectivity index (χ2n) is 8.01. The van der Waals surface area contributed by atoms with Crippen molar-refractivity contribution < 1.29 is 4.79 Å². The number of carbonyl (C=O) groups excluding carboxylic acids is 1. The monoisotopic (exact) mass is 421 g/mol. The zero-order valence-corrected chi connectivity index (χ0v) is 18.4. The number of nitrogens with one attached hydrogen (secondary N) is 1. The van der Waals surface area contributed by atoms with Gasteiger partial charge in [0.2, 0.25) is 0 Å². The summed E-state index contributed by atoms with van der Waals surface area (Å²) in [5, 5.41) is 3.81. The molecule has 0 unspecified atom stereocenters. The molecule has 1 aliphatic rings. The van der Waals surface area contributed by atoms with Gasteiger partial charge >= 0.3 is 0 Å². The van der Waals surface area contributed by atoms with Crippen molar-refractivity contribution in [3.63, 3.8) is 0 Å². The molecular formula is C25H28ClN3O. The number of hydrogen-bond donors (Lipinski definition) is 1. The molecule has 156 valence electrons. The third-order valence-electron chi connectivity index (χ3n) is 5.80. The van der Waals surface area contributed by atoms with E-state index in [1.807, 2.05) is 43.3 Å². The van der Waals surface area contributed by atoms with Crippen molar-refractivity contribution >= 4 is 17.5 Å². The molecule has 0 spiro atoms. The number of likely N-dealkylation sites (tertiary alicyclic amines) is 1. The van der Waals surface area contributed by atoms with Crippen LogP contribution in [0.25, 0.3) is 16.9 Å². The molecule has 0 aliphatic carbocycles. The molecule has 3 aromatic rings. The van der Waals surface area contributed by atoms with Crippen LogP contribution in [0, 0.1) is 13.8 Å². The molecule has 1 aromatic heterocycles. The third-order valence-corrected chi connectivity index (χ3v) is 6.06. The summed E-state index contributed by atoms with van der Waals surface area (Å²) >= 11 is 6.10. The van der Waals surface area contributed by atoms with E-state index in [4.69, 9.17) is 11.6 Å². The molecule has 1 aliphatic heterocycles. The van der Waals surface area contributed by atoms with E-state index < -0.39 is 0 Å². The van der Waals surface area contributed by atoms with Crippen LogP contribution in [0.15, 0.2) is 54.6 Å². The van der Waals surface area contributed by atoms with Crippen LogP contribution in [-0.2, 0) is 0 Å². The van der Waals surface area contributed by atoms with Crippen LogP contribution in [0.5, 0.6) is 0 Å². The van der Waals surface area contributed by atoms with Crippen molar-refractivity contribution in [2.75, 3.05) is 26.2 Å². The van der Waals surface area contributed by atoms with Crippen LogP contribution in [0.4, 0.5) is 0 Å². The first-order valence-electron chi connectivity index (χ1n) is 10.6. The van der Waals surface area contributed by atoms with Gasteiger partial charge in [-0.1, -0.05) is 35.9 Å². The van der Waals surface area contributed by atoms with Crippen LogP contribution in [0.1, 0.15) is 34.5 Å². The first-order chi connectivity index (χ1) is 14.5. The molecule has 0 bridgehead atoms. The number of benzene rings is 2. The van der Waals surface area contributed by atoms with E-state index in [0.717, 1.165) is 42.3 Å². The summed E-state index contributed by atoms with van der Waals surface area (Å²) in [6, 6.07) is 18.1. The number of carbonyl (C=O) groups is 1. The highest BCUT2D eigenvalue weighted by atomic mass is 35.5. The summed E-state index contributed by atoms with van der Waals surface area (Å²) < 4.78 is 2.16. The average molecular weight is 422 g/mol. The fourth-order valence-corrected chi connectivity index (χ4v) is 4.32. The molecule has 30 heavy (non-hydrogen) atoms. The van der Waals surface area contributed by atoms with Gasteiger partial charge < -0.3 is 14.8 Å². The zero-order chi connectivity index (χ0) is 21.1. The van der Waals surface area contributed by atoms with Crippen LogP contribution >= 0.6 is 11.6 Å². The molecule has 5 heteroatoms. The normalized spacial score (nSPS) is 14.2. The van der Waals surface area contributed by atoms with Crippen LogP contribution in [0.3, 0.4) is 0 Å². The highest BCUT2D eigenvalue weighted by Crippen LogP contribution is 2.30. The molecule has 2 aromatic carbocycles. The highest BCUT2D eigenvalue weighted by molar-refractivity contribution is 6.30. The highest BCUT2D eigenvalue weighted by Gasteiger charge is 2.20. The largest absolute Gasteiger partial charge is 0.351 e. The maximum absolute atomic E-state index is 13.0. The van der Waals surface area contributed by atoms with Crippen molar-refractivity contribution in [2.24, 2.45) is 0 Å². The second-order valence-corrected chi connectivity index (χ2v) is 8.45. The SMILES string of the molecule is Cc1cccc(-n2c(-c3ccc(Cl)cc3)cc(C(=O)NCCN3CCCC3)c2C)c1. The lowest BCUT2D eigenvalue weighted by Crippen LogP contribution is -2.33. The molecule has 0 radical (unpaired) electrons. The third kappa shape index (κ3) is 4.45. The predicted molar refractivity (Wildman–Crippen MR) is 124 cm³/mol. The maximum atomic E-state index is 13.0. The standard InChI is InChI=1S/C25H28ClN3O/c1-18-6-5-7-22(16-18)29-19(2)23(17-24(29)20-8-10-21(26)11-9-20)25(30)27-12-15-28-13-3-4-14-28/h5-11,16-17H,3-4,12-15H2,1-2H3,(H,27,30). The molecule has 4 rings (SSSR count). The van der Waals surface area contributed by atoms with Crippen LogP contribution in [0.2, 0.25) is 5.02 Å². The predicted octanol–water partition coefficient (Wildman–Crippen LogP) is 5.24. The molecule has 1 N–H and O–H groups in total. The summed E-state index contributed by atoms with van der Waals surface area (Å²) in [5.74, 6) is -0.0201. The molecule has 2 heterocycles. The maximum Gasteiger partial charge on any atom is 0.253 e. The van der Waals surface area contributed by atoms with Crippen molar-refractivity contribution in [1.29, 1.82) is 0 Å². The quantitative estimate of drug-likeness (QED) is 0.590. The van der Waals surface area contributed by atoms with Gasteiger partial charge in [-0.15, -0.1) is 0 Å². The Labute approximate surface area is 183 Å². The average Bonchev–Trinajstić information content (AvgIpc) is 3.36. The van der Waals surface area contributed by atoms with E-state index in [9.17, 15) is 4.79 Å². The fraction of sp³-hybridized carbons (Fsp3) is 0.320. The van der Waals surface area contributed by atoms with Crippen LogP contribution in [-0.4, -0.2) is 41.6 Å². The molecule has 1 amide bonds. The van der Waals surface area contributed by atoms with Crippen molar-refractivity contribution in [2.45, 2.75) is 26.7 Å². The van der Waals surface area contributed by atoms with Gasteiger partial charge in [0.15, 0.2) is 0 Å². The Morgan fingerprint density at radius 3 is 2.47 bits per heavy atom. The Kier molecular flexibility index (Phi) is 6.26. The Balaban J connectivity index is 1.66. The molecule has 0 saturated carbocycles. The molecule has 1 saturated heterocycles. The van der Waals surface area contributed by atoms with Gasteiger partial charge in [-0.25, -0.2) is 0 Å². The molecule has 4 nitrogen and oxygen atoms in total. The van der Waals surface area contributed by atoms with E-state index in [1.54, 1.807) is 0 Å². The Morgan fingerprint density at radius 1 is 1.03 bits per heavy atom. The number of nitrogens with zero attached hydrogens (tertiary/aromatic N) is 2. The van der Waals surface area contributed by atoms with E-state index in [-0.39, 0.29) is 5.91 Å². The Morgan fingerprint density at radius 2 is 1.77 bits per heavy atom. The summed E-state index contributed by atoms with van der Waals surface area (Å²) in [7, 11) is 0. The first-order valence-corrected chi connectivity index (χ1v) is 11.0. The minimum Gasteiger partial charge on any atom is -0.351 e. The van der Waals surface area contributed by atoms with Crippen molar-refractivity contribution in [3.8, 4) is 16.9 Å². The van der Waals surface area contributed by atoms with Gasteiger partial charge in [0, 0.05) is 29.5 Å². The summed E-state index contributed by atoms with van der Waals surface area (Å²) in [5.41, 5.74) is 5.89. The van der Waals surface area contributed by atoms with Gasteiger partial charge in [0.25, 0.3) is 5.91 Å². The summed E-state index contributed by atoms with van der Waals surface area (Å²) in [6.45, 7) is 7.95. The van der Waals surface area contributed by atoms with Gasteiger partial charge in [-0.05, 0) is 81.2 Å². The topological polar surface area (TPSA) is 37.3 Å². The van der Waals surface area contributed by atoms with E-state index >= 15 is 0 Å². The van der Waals surface area contributed by atoms with Crippen molar-refractivity contribution in [1.82, 2.24) is 14.8 Å². The number of hydrogen-bond acceptors (Lipinski definition) is 2. The lowest BCUT2D eigenvalue weighted by molar-refractivity contribution is 0.0949. The number of aryl methyl sites for hydroxylation is 1. The van der Waals surface area contributed by atoms with Crippen LogP contribution < -0.4 is 5.32 Å². The zero-order valence-electron chi connectivity index (χ0n) is 17.6. The first kappa shape index (κ1) is 20.7. The van der Waals surface area contributed by atoms with E-state index in [0.29, 0.717) is 17.1 Å². The Hall–Kier alpha value is -2.56. The number of aromatic nitrogens is 1. The number of halogens is 1. The van der Waals surface area contributed by atoms with E-state index in [2.05, 4.69) is 39.9 Å². The smallest absolute Gasteiger partial charge is 0.253 e. The van der Waals surface area contributed by atoms with Crippen molar-refractivity contribution in [3.05, 3.63) is 76.4 Å². The minimum absolute atomic E-state index is 0.0201. The van der Waals surface area contributed by atoms with Gasteiger partial charge in [0.05, 0.1) is 11.3 Å². The van der Waals surface area contributed by atoms with Gasteiger partial charge in [-0.3, -0.25) is 4.79 Å². The second kappa shape index (κ2) is 9.07. The molecule has 0 atom stereocenters. The van der Waals surface area contributed by atoms with E-state index in [1.165, 1.54) is 18.4 Å². The molecule has 1 fully saturated rings. The van der Waals surface area contributed by atoms with Gasteiger partial charge in [0.1, 0.15) is 0 Å². The Bertz CT molecular complexity index is 1030. The lowest BCUT2D eigenvalue weighted by atomic mass is 10.1. The summed E-state index contributed by atoms with van der Waals surface area (Å²) in [6.07, 6.45) is 2.52. The fourth-order valence-electron chi connectivity index (χ4n) is 4.20. The molecular weight excluding hydrogens is 394 g/mol.